The van der Waals surface area contributed by atoms with Crippen LogP contribution in [0.15, 0.2) is 0 Å². The van der Waals surface area contributed by atoms with E-state index in [-0.39, 0.29) is 0 Å². The quantitative estimate of drug-likeness (QED) is 0.829. The molecule has 2 aliphatic rings. The maximum absolute atomic E-state index is 5.82. The first-order valence-corrected chi connectivity index (χ1v) is 7.95. The van der Waals surface area contributed by atoms with E-state index in [0.717, 1.165) is 32.3 Å². The van der Waals surface area contributed by atoms with Crippen LogP contribution in [-0.4, -0.2) is 74.4 Å². The normalized spacial score (nSPS) is 31.6. The third-order valence-electron chi connectivity index (χ3n) is 4.58. The highest BCUT2D eigenvalue weighted by Crippen LogP contribution is 2.20. The fourth-order valence-electron chi connectivity index (χ4n) is 3.41. The van der Waals surface area contributed by atoms with Gasteiger partial charge in [0, 0.05) is 31.7 Å². The molecule has 2 aliphatic heterocycles. The molecule has 4 heteroatoms. The molecule has 112 valence electrons. The molecule has 0 spiro atoms. The number of nitrogens with zero attached hydrogens (tertiary/aromatic N) is 2. The lowest BCUT2D eigenvalue weighted by atomic mass is 10.1. The molecular weight excluding hydrogens is 238 g/mol. The van der Waals surface area contributed by atoms with Crippen molar-refractivity contribution in [1.82, 2.24) is 15.1 Å². The van der Waals surface area contributed by atoms with Crippen molar-refractivity contribution >= 4 is 0 Å². The fourth-order valence-corrected chi connectivity index (χ4v) is 3.41. The predicted octanol–water partition coefficient (Wildman–Crippen LogP) is 1.17. The molecule has 0 aromatic rings. The molecule has 2 heterocycles. The van der Waals surface area contributed by atoms with E-state index in [4.69, 9.17) is 4.74 Å². The molecule has 0 aromatic heterocycles. The Morgan fingerprint density at radius 1 is 1.21 bits per heavy atom. The average molecular weight is 269 g/mol. The second-order valence-electron chi connectivity index (χ2n) is 6.26. The molecule has 0 saturated carbocycles. The van der Waals surface area contributed by atoms with Crippen molar-refractivity contribution in [3.8, 4) is 0 Å². The number of ether oxygens (including phenoxy) is 1. The lowest BCUT2D eigenvalue weighted by molar-refractivity contribution is -0.0431. The van der Waals surface area contributed by atoms with E-state index in [9.17, 15) is 0 Å². The summed E-state index contributed by atoms with van der Waals surface area (Å²) in [6.45, 7) is 11.3. The summed E-state index contributed by atoms with van der Waals surface area (Å²) >= 11 is 0. The van der Waals surface area contributed by atoms with E-state index in [1.807, 2.05) is 7.05 Å². The zero-order valence-electron chi connectivity index (χ0n) is 12.9. The van der Waals surface area contributed by atoms with E-state index in [1.165, 1.54) is 32.4 Å². The standard InChI is InChI=1S/C15H31N3O/c1-13(2)17-7-4-5-14(6-8-17)18-9-10-19-15(12-18)11-16-3/h13-16H,4-12H2,1-3H3. The van der Waals surface area contributed by atoms with Crippen molar-refractivity contribution in [2.75, 3.05) is 46.4 Å². The molecule has 2 atom stereocenters. The van der Waals surface area contributed by atoms with Crippen LogP contribution in [-0.2, 0) is 4.74 Å². The predicted molar refractivity (Wildman–Crippen MR) is 79.6 cm³/mol. The maximum Gasteiger partial charge on any atom is 0.0826 e. The molecular formula is C15H31N3O. The molecule has 2 rings (SSSR count). The third-order valence-corrected chi connectivity index (χ3v) is 4.58. The minimum absolute atomic E-state index is 0.378. The van der Waals surface area contributed by atoms with Crippen LogP contribution in [0.25, 0.3) is 0 Å². The van der Waals surface area contributed by atoms with E-state index in [2.05, 4.69) is 29.0 Å². The largest absolute Gasteiger partial charge is 0.374 e. The van der Waals surface area contributed by atoms with Crippen LogP contribution in [0.3, 0.4) is 0 Å². The molecule has 2 saturated heterocycles. The summed E-state index contributed by atoms with van der Waals surface area (Å²) in [5.74, 6) is 0. The molecule has 0 bridgehead atoms. The van der Waals surface area contributed by atoms with Crippen LogP contribution < -0.4 is 5.32 Å². The Balaban J connectivity index is 1.83. The van der Waals surface area contributed by atoms with Crippen LogP contribution >= 0.6 is 0 Å². The number of likely N-dealkylation sites (N-methyl/N-ethyl adjacent to an activating group) is 1. The number of likely N-dealkylation sites (tertiary alicyclic amines) is 1. The van der Waals surface area contributed by atoms with Crippen molar-refractivity contribution < 1.29 is 4.74 Å². The Bertz CT molecular complexity index is 258. The minimum Gasteiger partial charge on any atom is -0.374 e. The highest BCUT2D eigenvalue weighted by Gasteiger charge is 2.28. The van der Waals surface area contributed by atoms with Crippen LogP contribution in [0.2, 0.25) is 0 Å². The average Bonchev–Trinajstić information content (AvgIpc) is 2.65. The third kappa shape index (κ3) is 4.42. The summed E-state index contributed by atoms with van der Waals surface area (Å²) in [5.41, 5.74) is 0. The summed E-state index contributed by atoms with van der Waals surface area (Å²) in [5, 5.41) is 3.24. The summed E-state index contributed by atoms with van der Waals surface area (Å²) in [6.07, 6.45) is 4.40. The van der Waals surface area contributed by atoms with Crippen LogP contribution in [0, 0.1) is 0 Å². The van der Waals surface area contributed by atoms with Gasteiger partial charge in [0.05, 0.1) is 12.7 Å². The zero-order chi connectivity index (χ0) is 13.7. The first-order chi connectivity index (χ1) is 9.20. The Morgan fingerprint density at radius 3 is 2.79 bits per heavy atom. The topological polar surface area (TPSA) is 27.7 Å². The Morgan fingerprint density at radius 2 is 2.05 bits per heavy atom. The van der Waals surface area contributed by atoms with Crippen molar-refractivity contribution in [2.45, 2.75) is 51.3 Å². The van der Waals surface area contributed by atoms with E-state index in [1.54, 1.807) is 0 Å². The number of hydrogen-bond acceptors (Lipinski definition) is 4. The molecule has 4 nitrogen and oxygen atoms in total. The van der Waals surface area contributed by atoms with Crippen molar-refractivity contribution in [3.63, 3.8) is 0 Å². The van der Waals surface area contributed by atoms with Gasteiger partial charge in [-0.1, -0.05) is 0 Å². The summed E-state index contributed by atoms with van der Waals surface area (Å²) in [6, 6.07) is 1.47. The second-order valence-corrected chi connectivity index (χ2v) is 6.26. The van der Waals surface area contributed by atoms with Gasteiger partial charge in [0.25, 0.3) is 0 Å². The zero-order valence-corrected chi connectivity index (χ0v) is 12.9. The lowest BCUT2D eigenvalue weighted by Crippen LogP contribution is -2.50. The van der Waals surface area contributed by atoms with Crippen LogP contribution in [0.1, 0.15) is 33.1 Å². The first-order valence-electron chi connectivity index (χ1n) is 7.95. The van der Waals surface area contributed by atoms with Gasteiger partial charge in [-0.2, -0.15) is 0 Å². The molecule has 0 radical (unpaired) electrons. The van der Waals surface area contributed by atoms with Gasteiger partial charge >= 0.3 is 0 Å². The second kappa shape index (κ2) is 7.58. The number of nitrogens with one attached hydrogen (secondary N) is 1. The van der Waals surface area contributed by atoms with Gasteiger partial charge < -0.3 is 15.0 Å². The van der Waals surface area contributed by atoms with Crippen LogP contribution in [0.5, 0.6) is 0 Å². The SMILES string of the molecule is CNCC1CN(C2CCCN(C(C)C)CC2)CCO1. The molecule has 1 N–H and O–H groups in total. The highest BCUT2D eigenvalue weighted by atomic mass is 16.5. The minimum atomic E-state index is 0.378. The van der Waals surface area contributed by atoms with Gasteiger partial charge in [-0.05, 0) is 53.2 Å². The Hall–Kier alpha value is -0.160. The monoisotopic (exact) mass is 269 g/mol. The molecule has 0 aliphatic carbocycles. The summed E-state index contributed by atoms with van der Waals surface area (Å²) < 4.78 is 5.82. The number of morpholine rings is 1. The van der Waals surface area contributed by atoms with Crippen molar-refractivity contribution in [3.05, 3.63) is 0 Å². The van der Waals surface area contributed by atoms with Crippen LogP contribution in [0.4, 0.5) is 0 Å². The van der Waals surface area contributed by atoms with E-state index >= 15 is 0 Å². The first kappa shape index (κ1) is 15.2. The number of rotatable bonds is 4. The molecule has 0 aromatic carbocycles. The lowest BCUT2D eigenvalue weighted by Gasteiger charge is -2.38. The van der Waals surface area contributed by atoms with Gasteiger partial charge in [-0.3, -0.25) is 4.90 Å². The Labute approximate surface area is 118 Å². The van der Waals surface area contributed by atoms with Gasteiger partial charge in [0.2, 0.25) is 0 Å². The number of hydrogen-bond donors (Lipinski definition) is 1. The molecule has 2 unspecified atom stereocenters. The van der Waals surface area contributed by atoms with Gasteiger partial charge in [-0.15, -0.1) is 0 Å². The van der Waals surface area contributed by atoms with Gasteiger partial charge in [0.15, 0.2) is 0 Å². The highest BCUT2D eigenvalue weighted by molar-refractivity contribution is 4.83. The van der Waals surface area contributed by atoms with Crippen molar-refractivity contribution in [1.29, 1.82) is 0 Å². The summed E-state index contributed by atoms with van der Waals surface area (Å²) in [7, 11) is 2.01. The van der Waals surface area contributed by atoms with E-state index in [0.29, 0.717) is 12.1 Å². The molecule has 2 fully saturated rings. The fraction of sp³-hybridized carbons (Fsp3) is 1.00. The maximum atomic E-state index is 5.82. The van der Waals surface area contributed by atoms with Gasteiger partial charge in [-0.25, -0.2) is 0 Å². The molecule has 0 amide bonds. The molecule has 19 heavy (non-hydrogen) atoms. The van der Waals surface area contributed by atoms with Crippen molar-refractivity contribution in [2.24, 2.45) is 0 Å². The van der Waals surface area contributed by atoms with E-state index < -0.39 is 0 Å². The summed E-state index contributed by atoms with van der Waals surface area (Å²) in [4.78, 5) is 5.31. The Kier molecular flexibility index (Phi) is 6.07. The smallest absolute Gasteiger partial charge is 0.0826 e. The van der Waals surface area contributed by atoms with Gasteiger partial charge in [0.1, 0.15) is 0 Å².